The normalized spacial score (nSPS) is 14.4. The fourth-order valence-electron chi connectivity index (χ4n) is 2.41. The zero-order chi connectivity index (χ0) is 14.8. The van der Waals surface area contributed by atoms with Gasteiger partial charge in [-0.25, -0.2) is 9.97 Å². The van der Waals surface area contributed by atoms with Crippen LogP contribution in [-0.2, 0) is 20.1 Å². The number of aromatic nitrogens is 3. The van der Waals surface area contributed by atoms with Crippen LogP contribution in [0.2, 0.25) is 0 Å². The summed E-state index contributed by atoms with van der Waals surface area (Å²) in [4.78, 5) is 11.2. The molecule has 0 spiro atoms. The summed E-state index contributed by atoms with van der Waals surface area (Å²) < 4.78 is 2.04. The summed E-state index contributed by atoms with van der Waals surface area (Å²) in [6, 6.07) is 5.06. The van der Waals surface area contributed by atoms with Gasteiger partial charge >= 0.3 is 0 Å². The molecule has 0 radical (unpaired) electrons. The number of nitrogens with one attached hydrogen (secondary N) is 1. The Bertz CT molecular complexity index is 615. The highest BCUT2D eigenvalue weighted by Gasteiger charge is 2.20. The van der Waals surface area contributed by atoms with E-state index in [4.69, 9.17) is 0 Å². The fourth-order valence-corrected chi connectivity index (χ4v) is 2.41. The molecule has 0 aromatic carbocycles. The van der Waals surface area contributed by atoms with Crippen LogP contribution in [-0.4, -0.2) is 27.6 Å². The zero-order valence-corrected chi connectivity index (χ0v) is 13.0. The number of anilines is 1. The third-order valence-corrected chi connectivity index (χ3v) is 3.86. The molecule has 3 rings (SSSR count). The minimum absolute atomic E-state index is 0.729. The molecule has 1 saturated carbocycles. The van der Waals surface area contributed by atoms with Crippen molar-refractivity contribution in [1.29, 1.82) is 0 Å². The van der Waals surface area contributed by atoms with E-state index in [2.05, 4.69) is 46.3 Å². The fraction of sp³-hybridized carbons (Fsp3) is 0.500. The Labute approximate surface area is 126 Å². The average Bonchev–Trinajstić information content (AvgIpc) is 3.20. The van der Waals surface area contributed by atoms with Gasteiger partial charge in [-0.2, -0.15) is 0 Å². The quantitative estimate of drug-likeness (QED) is 0.882. The van der Waals surface area contributed by atoms with Gasteiger partial charge in [0.25, 0.3) is 0 Å². The molecule has 2 aromatic heterocycles. The van der Waals surface area contributed by atoms with Crippen molar-refractivity contribution in [3.05, 3.63) is 41.6 Å². The molecule has 21 heavy (non-hydrogen) atoms. The molecule has 1 N–H and O–H groups in total. The van der Waals surface area contributed by atoms with Gasteiger partial charge in [-0.3, -0.25) is 0 Å². The second-order valence-corrected chi connectivity index (χ2v) is 5.94. The summed E-state index contributed by atoms with van der Waals surface area (Å²) >= 11 is 0. The van der Waals surface area contributed by atoms with E-state index in [9.17, 15) is 0 Å². The molecule has 0 saturated heterocycles. The first-order valence-corrected chi connectivity index (χ1v) is 7.50. The first kappa shape index (κ1) is 14.1. The summed E-state index contributed by atoms with van der Waals surface area (Å²) in [6.07, 6.45) is 6.43. The Kier molecular flexibility index (Phi) is 3.92. The summed E-state index contributed by atoms with van der Waals surface area (Å²) in [6.45, 7) is 3.74. The van der Waals surface area contributed by atoms with Crippen molar-refractivity contribution < 1.29 is 0 Å². The molecule has 1 aliphatic rings. The lowest BCUT2D eigenvalue weighted by molar-refractivity contribution is 0.685. The molecule has 5 heteroatoms. The van der Waals surface area contributed by atoms with Crippen molar-refractivity contribution in [1.82, 2.24) is 19.9 Å². The number of imidazole rings is 1. The largest absolute Gasteiger partial charge is 0.352 e. The van der Waals surface area contributed by atoms with Crippen molar-refractivity contribution in [2.45, 2.75) is 38.9 Å². The highest BCUT2D eigenvalue weighted by Crippen LogP contribution is 2.20. The Morgan fingerprint density at radius 1 is 1.38 bits per heavy atom. The highest BCUT2D eigenvalue weighted by atomic mass is 15.2. The number of rotatable bonds is 6. The summed E-state index contributed by atoms with van der Waals surface area (Å²) in [5.74, 6) is 2.05. The molecule has 0 unspecified atom stereocenters. The Balaban J connectivity index is 1.71. The minimum atomic E-state index is 0.729. The molecule has 0 aliphatic heterocycles. The van der Waals surface area contributed by atoms with Gasteiger partial charge in [0.2, 0.25) is 0 Å². The summed E-state index contributed by atoms with van der Waals surface area (Å²) in [5, 5.41) is 3.56. The van der Waals surface area contributed by atoms with E-state index in [1.807, 2.05) is 24.0 Å². The molecule has 5 nitrogen and oxygen atoms in total. The van der Waals surface area contributed by atoms with Crippen LogP contribution < -0.4 is 10.2 Å². The smallest absolute Gasteiger partial charge is 0.129 e. The van der Waals surface area contributed by atoms with Crippen LogP contribution in [0.25, 0.3) is 0 Å². The van der Waals surface area contributed by atoms with Crippen LogP contribution in [0.1, 0.15) is 29.9 Å². The molecule has 1 fully saturated rings. The van der Waals surface area contributed by atoms with Crippen molar-refractivity contribution in [2.75, 3.05) is 11.9 Å². The topological polar surface area (TPSA) is 46.0 Å². The van der Waals surface area contributed by atoms with Crippen LogP contribution in [0.3, 0.4) is 0 Å². The SMILES string of the molecule is Cc1cc(CNC2CC2)cc(N(C)Cc2nccn2C)n1. The van der Waals surface area contributed by atoms with E-state index in [-0.39, 0.29) is 0 Å². The Morgan fingerprint density at radius 2 is 2.19 bits per heavy atom. The predicted molar refractivity (Wildman–Crippen MR) is 84.2 cm³/mol. The third kappa shape index (κ3) is 3.61. The molecule has 0 atom stereocenters. The second kappa shape index (κ2) is 5.85. The van der Waals surface area contributed by atoms with Crippen LogP contribution >= 0.6 is 0 Å². The third-order valence-electron chi connectivity index (χ3n) is 3.86. The van der Waals surface area contributed by atoms with Crippen LogP contribution in [0.5, 0.6) is 0 Å². The monoisotopic (exact) mass is 285 g/mol. The van der Waals surface area contributed by atoms with E-state index in [0.29, 0.717) is 0 Å². The number of nitrogens with zero attached hydrogens (tertiary/aromatic N) is 4. The average molecular weight is 285 g/mol. The van der Waals surface area contributed by atoms with Gasteiger partial charge in [0.1, 0.15) is 11.6 Å². The minimum Gasteiger partial charge on any atom is -0.352 e. The molecule has 0 bridgehead atoms. The van der Waals surface area contributed by atoms with Gasteiger partial charge in [0.05, 0.1) is 6.54 Å². The Morgan fingerprint density at radius 3 is 2.86 bits per heavy atom. The number of hydrogen-bond donors (Lipinski definition) is 1. The molecular formula is C16H23N5. The molecule has 0 amide bonds. The molecule has 112 valence electrons. The van der Waals surface area contributed by atoms with Crippen LogP contribution in [0, 0.1) is 6.92 Å². The van der Waals surface area contributed by atoms with Crippen molar-refractivity contribution in [3.63, 3.8) is 0 Å². The highest BCUT2D eigenvalue weighted by molar-refractivity contribution is 5.42. The van der Waals surface area contributed by atoms with Crippen molar-refractivity contribution in [2.24, 2.45) is 7.05 Å². The second-order valence-electron chi connectivity index (χ2n) is 5.94. The van der Waals surface area contributed by atoms with E-state index in [1.165, 1.54) is 18.4 Å². The van der Waals surface area contributed by atoms with Crippen molar-refractivity contribution in [3.8, 4) is 0 Å². The van der Waals surface area contributed by atoms with Gasteiger partial charge in [0.15, 0.2) is 0 Å². The lowest BCUT2D eigenvalue weighted by Gasteiger charge is -2.19. The van der Waals surface area contributed by atoms with Gasteiger partial charge in [-0.1, -0.05) is 0 Å². The van der Waals surface area contributed by atoms with Gasteiger partial charge in [-0.05, 0) is 37.5 Å². The maximum absolute atomic E-state index is 4.65. The van der Waals surface area contributed by atoms with E-state index in [0.717, 1.165) is 36.5 Å². The zero-order valence-electron chi connectivity index (χ0n) is 13.0. The lowest BCUT2D eigenvalue weighted by Crippen LogP contribution is -2.21. The Hall–Kier alpha value is -1.88. The van der Waals surface area contributed by atoms with E-state index >= 15 is 0 Å². The van der Waals surface area contributed by atoms with E-state index < -0.39 is 0 Å². The maximum atomic E-state index is 4.65. The molecule has 2 heterocycles. The number of aryl methyl sites for hydroxylation is 2. The number of hydrogen-bond acceptors (Lipinski definition) is 4. The van der Waals surface area contributed by atoms with Crippen LogP contribution in [0.4, 0.5) is 5.82 Å². The molecule has 2 aromatic rings. The summed E-state index contributed by atoms with van der Waals surface area (Å²) in [5.41, 5.74) is 2.36. The molecule has 1 aliphatic carbocycles. The van der Waals surface area contributed by atoms with Gasteiger partial charge in [-0.15, -0.1) is 0 Å². The first-order valence-electron chi connectivity index (χ1n) is 7.50. The molecular weight excluding hydrogens is 262 g/mol. The predicted octanol–water partition coefficient (Wildman–Crippen LogP) is 2.01. The maximum Gasteiger partial charge on any atom is 0.129 e. The van der Waals surface area contributed by atoms with Crippen molar-refractivity contribution >= 4 is 5.82 Å². The van der Waals surface area contributed by atoms with Crippen LogP contribution in [0.15, 0.2) is 24.5 Å². The first-order chi connectivity index (χ1) is 10.1. The van der Waals surface area contributed by atoms with Gasteiger partial charge < -0.3 is 14.8 Å². The summed E-state index contributed by atoms with van der Waals surface area (Å²) in [7, 11) is 4.08. The lowest BCUT2D eigenvalue weighted by atomic mass is 10.2. The van der Waals surface area contributed by atoms with Gasteiger partial charge in [0, 0.05) is 44.8 Å². The standard InChI is InChI=1S/C16H23N5/c1-12-8-13(10-18-14-4-5-14)9-15(19-12)21(3)11-16-17-6-7-20(16)2/h6-9,14,18H,4-5,10-11H2,1-3H3. The van der Waals surface area contributed by atoms with E-state index in [1.54, 1.807) is 0 Å². The number of pyridine rings is 1.